The summed E-state index contributed by atoms with van der Waals surface area (Å²) in [7, 11) is 0. The number of H-pyrrole nitrogens is 1. The molecule has 3 rings (SSSR count). The monoisotopic (exact) mass is 389 g/mol. The van der Waals surface area contributed by atoms with Crippen LogP contribution < -0.4 is 11.1 Å². The van der Waals surface area contributed by atoms with Gasteiger partial charge in [-0.1, -0.05) is 18.5 Å². The van der Waals surface area contributed by atoms with Gasteiger partial charge in [-0.3, -0.25) is 0 Å². The second kappa shape index (κ2) is 8.07. The van der Waals surface area contributed by atoms with Crippen molar-refractivity contribution in [2.45, 2.75) is 32.4 Å². The molecule has 3 heterocycles. The van der Waals surface area contributed by atoms with Gasteiger partial charge in [0.2, 0.25) is 5.28 Å². The third-order valence-electron chi connectivity index (χ3n) is 3.64. The highest BCUT2D eigenvalue weighted by molar-refractivity contribution is 6.37. The number of anilines is 1. The van der Waals surface area contributed by atoms with Crippen LogP contribution in [0, 0.1) is 0 Å². The van der Waals surface area contributed by atoms with Gasteiger partial charge in [0.25, 0.3) is 0 Å². The summed E-state index contributed by atoms with van der Waals surface area (Å²) in [5.74, 6) is 1.35. The summed E-state index contributed by atoms with van der Waals surface area (Å²) in [6.45, 7) is 2.51. The van der Waals surface area contributed by atoms with Crippen molar-refractivity contribution in [1.82, 2.24) is 15.0 Å². The minimum atomic E-state index is 0. The van der Waals surface area contributed by atoms with Gasteiger partial charge in [-0.25, -0.2) is 0 Å². The van der Waals surface area contributed by atoms with E-state index in [2.05, 4.69) is 20.3 Å². The van der Waals surface area contributed by atoms with E-state index in [4.69, 9.17) is 33.4 Å². The Balaban J connectivity index is 0.00000208. The summed E-state index contributed by atoms with van der Waals surface area (Å²) in [4.78, 5) is 11.6. The van der Waals surface area contributed by atoms with E-state index in [1.54, 1.807) is 6.26 Å². The molecule has 0 radical (unpaired) electrons. The molecule has 3 aromatic rings. The van der Waals surface area contributed by atoms with Gasteiger partial charge in [-0.15, -0.1) is 12.4 Å². The number of nitrogens with one attached hydrogen (secondary N) is 2. The molecule has 0 aromatic carbocycles. The van der Waals surface area contributed by atoms with Crippen LogP contribution in [0.4, 0.5) is 5.82 Å². The van der Waals surface area contributed by atoms with Crippen molar-refractivity contribution in [1.29, 1.82) is 0 Å². The van der Waals surface area contributed by atoms with Gasteiger partial charge >= 0.3 is 0 Å². The van der Waals surface area contributed by atoms with Crippen molar-refractivity contribution < 1.29 is 4.42 Å². The second-order valence-electron chi connectivity index (χ2n) is 5.29. The normalized spacial score (nSPS) is 12.2. The van der Waals surface area contributed by atoms with E-state index in [-0.39, 0.29) is 23.7 Å². The summed E-state index contributed by atoms with van der Waals surface area (Å²) in [5.41, 5.74) is 7.45. The first kappa shape index (κ1) is 18.9. The van der Waals surface area contributed by atoms with Crippen LogP contribution in [-0.2, 0) is 13.0 Å². The topological polar surface area (TPSA) is 92.8 Å². The highest BCUT2D eigenvalue weighted by Gasteiger charge is 2.18. The first-order valence-corrected chi connectivity index (χ1v) is 8.09. The maximum atomic E-state index is 6.50. The quantitative estimate of drug-likeness (QED) is 0.549. The van der Waals surface area contributed by atoms with Crippen LogP contribution in [0.1, 0.15) is 24.8 Å². The molecule has 1 atom stereocenters. The van der Waals surface area contributed by atoms with Crippen LogP contribution in [0.5, 0.6) is 0 Å². The van der Waals surface area contributed by atoms with Crippen LogP contribution in [0.3, 0.4) is 0 Å². The van der Waals surface area contributed by atoms with E-state index in [1.165, 1.54) is 0 Å². The molecule has 6 nitrogen and oxygen atoms in total. The highest BCUT2D eigenvalue weighted by atomic mass is 35.5. The van der Waals surface area contributed by atoms with Gasteiger partial charge in [0.1, 0.15) is 17.2 Å². The van der Waals surface area contributed by atoms with Crippen molar-refractivity contribution in [3.8, 4) is 0 Å². The first-order chi connectivity index (χ1) is 11.1. The Kier molecular flexibility index (Phi) is 6.34. The lowest BCUT2D eigenvalue weighted by molar-refractivity contribution is 0.518. The van der Waals surface area contributed by atoms with Gasteiger partial charge in [-0.05, 0) is 30.2 Å². The van der Waals surface area contributed by atoms with E-state index in [1.807, 2.05) is 19.1 Å². The average Bonchev–Trinajstić information content (AvgIpc) is 3.14. The Morgan fingerprint density at radius 1 is 1.38 bits per heavy atom. The smallest absolute Gasteiger partial charge is 0.226 e. The largest absolute Gasteiger partial charge is 0.467 e. The molecule has 0 aliphatic heterocycles. The van der Waals surface area contributed by atoms with Crippen LogP contribution in [-0.4, -0.2) is 21.0 Å². The molecule has 0 fully saturated rings. The summed E-state index contributed by atoms with van der Waals surface area (Å²) in [6, 6.07) is 3.73. The molecule has 0 bridgehead atoms. The van der Waals surface area contributed by atoms with Crippen LogP contribution >= 0.6 is 35.6 Å². The van der Waals surface area contributed by atoms with Gasteiger partial charge in [0, 0.05) is 18.2 Å². The Bertz CT molecular complexity index is 803. The highest BCUT2D eigenvalue weighted by Crippen LogP contribution is 2.33. The zero-order chi connectivity index (χ0) is 16.4. The van der Waals surface area contributed by atoms with Gasteiger partial charge in [0.15, 0.2) is 0 Å². The fourth-order valence-corrected chi connectivity index (χ4v) is 2.81. The fraction of sp³-hybridized carbons (Fsp3) is 0.333. The minimum absolute atomic E-state index is 0. The van der Waals surface area contributed by atoms with E-state index >= 15 is 0 Å². The van der Waals surface area contributed by atoms with Crippen molar-refractivity contribution in [2.75, 3.05) is 5.32 Å². The molecule has 9 heteroatoms. The molecule has 0 aliphatic rings. The van der Waals surface area contributed by atoms with Crippen molar-refractivity contribution in [3.63, 3.8) is 0 Å². The molecule has 1 unspecified atom stereocenters. The zero-order valence-corrected chi connectivity index (χ0v) is 15.3. The van der Waals surface area contributed by atoms with E-state index < -0.39 is 0 Å². The Morgan fingerprint density at radius 3 is 2.83 bits per heavy atom. The molecule has 0 amide bonds. The molecule has 130 valence electrons. The predicted octanol–water partition coefficient (Wildman–Crippen LogP) is 4.17. The van der Waals surface area contributed by atoms with Gasteiger partial charge in [-0.2, -0.15) is 9.97 Å². The van der Waals surface area contributed by atoms with Crippen molar-refractivity contribution in [3.05, 3.63) is 40.2 Å². The van der Waals surface area contributed by atoms with Crippen molar-refractivity contribution >= 4 is 52.5 Å². The lowest BCUT2D eigenvalue weighted by atomic mass is 10.1. The maximum absolute atomic E-state index is 6.50. The molecule has 24 heavy (non-hydrogen) atoms. The predicted molar refractivity (Wildman–Crippen MR) is 99.2 cm³/mol. The Hall–Kier alpha value is -1.47. The van der Waals surface area contributed by atoms with Gasteiger partial charge in [0.05, 0.1) is 23.2 Å². The van der Waals surface area contributed by atoms with E-state index in [9.17, 15) is 0 Å². The molecular formula is C15H18Cl3N5O. The number of hydrogen-bond acceptors (Lipinski definition) is 5. The summed E-state index contributed by atoms with van der Waals surface area (Å²) < 4.78 is 5.30. The lowest BCUT2D eigenvalue weighted by Crippen LogP contribution is -2.21. The first-order valence-electron chi connectivity index (χ1n) is 7.34. The number of fused-ring (bicyclic) bond motifs is 1. The Labute approximate surface area is 155 Å². The number of nitrogens with zero attached hydrogens (tertiary/aromatic N) is 2. The SMILES string of the molecule is CCC(N)Cc1[nH]c2nc(Cl)nc(NCc3ccco3)c2c1Cl.Cl. The number of nitrogens with two attached hydrogens (primary N) is 1. The number of aromatic nitrogens is 3. The third kappa shape index (κ3) is 3.95. The third-order valence-corrected chi connectivity index (χ3v) is 4.22. The van der Waals surface area contributed by atoms with Gasteiger partial charge < -0.3 is 20.5 Å². The average molecular weight is 391 g/mol. The molecule has 3 aromatic heterocycles. The number of furan rings is 1. The van der Waals surface area contributed by atoms with Crippen LogP contribution in [0.25, 0.3) is 11.0 Å². The minimum Gasteiger partial charge on any atom is -0.467 e. The summed E-state index contributed by atoms with van der Waals surface area (Å²) in [6.07, 6.45) is 3.12. The summed E-state index contributed by atoms with van der Waals surface area (Å²) >= 11 is 12.5. The molecule has 0 saturated heterocycles. The number of rotatable bonds is 6. The standard InChI is InChI=1S/C15H17Cl2N5O.ClH/c1-2-8(18)6-10-12(16)11-13(19-7-9-4-3-5-23-9)21-15(17)22-14(11)20-10;/h3-5,8H,2,6-7,18H2,1H3,(H2,19,20,21,22);1H. The molecule has 0 aliphatic carbocycles. The Morgan fingerprint density at radius 2 is 2.17 bits per heavy atom. The molecule has 0 spiro atoms. The molecule has 0 saturated carbocycles. The molecular weight excluding hydrogens is 373 g/mol. The maximum Gasteiger partial charge on any atom is 0.226 e. The lowest BCUT2D eigenvalue weighted by Gasteiger charge is -2.07. The number of halogens is 3. The van der Waals surface area contributed by atoms with E-state index in [0.29, 0.717) is 34.8 Å². The summed E-state index contributed by atoms with van der Waals surface area (Å²) in [5, 5.41) is 4.61. The van der Waals surface area contributed by atoms with Crippen LogP contribution in [0.15, 0.2) is 22.8 Å². The number of aromatic amines is 1. The number of hydrogen-bond donors (Lipinski definition) is 3. The zero-order valence-electron chi connectivity index (χ0n) is 13.0. The fourth-order valence-electron chi connectivity index (χ4n) is 2.34. The van der Waals surface area contributed by atoms with E-state index in [0.717, 1.165) is 17.9 Å². The van der Waals surface area contributed by atoms with Crippen molar-refractivity contribution in [2.24, 2.45) is 5.73 Å². The molecule has 4 N–H and O–H groups in total. The van der Waals surface area contributed by atoms with Crippen LogP contribution in [0.2, 0.25) is 10.3 Å². The second-order valence-corrected chi connectivity index (χ2v) is 6.00.